The van der Waals surface area contributed by atoms with Crippen LogP contribution in [0.4, 0.5) is 4.79 Å². The van der Waals surface area contributed by atoms with E-state index in [2.05, 4.69) is 24.4 Å². The third-order valence-corrected chi connectivity index (χ3v) is 2.70. The van der Waals surface area contributed by atoms with Crippen LogP contribution in [-0.2, 0) is 13.9 Å². The van der Waals surface area contributed by atoms with E-state index < -0.39 is 14.5 Å². The van der Waals surface area contributed by atoms with Crippen LogP contribution in [0.15, 0.2) is 0 Å². The molecule has 1 atom stereocenters. The van der Waals surface area contributed by atoms with Gasteiger partial charge in [0.2, 0.25) is 0 Å². The van der Waals surface area contributed by atoms with Gasteiger partial charge in [-0.2, -0.15) is 0 Å². The van der Waals surface area contributed by atoms with Gasteiger partial charge in [-0.15, -0.1) is 0 Å². The van der Waals surface area contributed by atoms with Gasteiger partial charge in [0.25, 0.3) is 0 Å². The van der Waals surface area contributed by atoms with Gasteiger partial charge in [-0.1, -0.05) is 0 Å². The predicted molar refractivity (Wildman–Crippen MR) is 50.1 cm³/mol. The van der Waals surface area contributed by atoms with Gasteiger partial charge in [-0.05, 0) is 19.6 Å². The first-order valence-corrected chi connectivity index (χ1v) is 7.85. The van der Waals surface area contributed by atoms with Crippen LogP contribution in [0.5, 0.6) is 0 Å². The standard InChI is InChI=1S/C8H16O4Si/c1-13(2,3)11-5-4-7-6-10-8(9)12-7/h7H,4-6H2,1-3H3. The van der Waals surface area contributed by atoms with E-state index in [0.717, 1.165) is 6.42 Å². The third-order valence-electron chi connectivity index (χ3n) is 1.62. The molecule has 0 N–H and O–H groups in total. The van der Waals surface area contributed by atoms with Gasteiger partial charge in [0.15, 0.2) is 8.32 Å². The molecule has 0 radical (unpaired) electrons. The quantitative estimate of drug-likeness (QED) is 0.517. The van der Waals surface area contributed by atoms with Crippen molar-refractivity contribution in [3.05, 3.63) is 0 Å². The topological polar surface area (TPSA) is 44.8 Å². The fourth-order valence-corrected chi connectivity index (χ4v) is 1.73. The highest BCUT2D eigenvalue weighted by atomic mass is 28.4. The van der Waals surface area contributed by atoms with Gasteiger partial charge in [-0.25, -0.2) is 4.79 Å². The molecule has 1 fully saturated rings. The lowest BCUT2D eigenvalue weighted by Gasteiger charge is -2.17. The average Bonchev–Trinajstić information content (AvgIpc) is 2.33. The SMILES string of the molecule is C[Si](C)(C)OCCC1COC(=O)O1. The van der Waals surface area contributed by atoms with Crippen LogP contribution in [0.2, 0.25) is 19.6 Å². The van der Waals surface area contributed by atoms with Crippen molar-refractivity contribution in [3.63, 3.8) is 0 Å². The highest BCUT2D eigenvalue weighted by Gasteiger charge is 2.25. The van der Waals surface area contributed by atoms with Gasteiger partial charge in [0.05, 0.1) is 0 Å². The molecule has 1 unspecified atom stereocenters. The number of hydrogen-bond donors (Lipinski definition) is 0. The van der Waals surface area contributed by atoms with E-state index in [9.17, 15) is 4.79 Å². The van der Waals surface area contributed by atoms with Crippen LogP contribution >= 0.6 is 0 Å². The van der Waals surface area contributed by atoms with Gasteiger partial charge in [-0.3, -0.25) is 0 Å². The lowest BCUT2D eigenvalue weighted by atomic mass is 10.3. The van der Waals surface area contributed by atoms with Crippen molar-refractivity contribution >= 4 is 14.5 Å². The summed E-state index contributed by atoms with van der Waals surface area (Å²) in [5, 5.41) is 0. The molecule has 0 bridgehead atoms. The van der Waals surface area contributed by atoms with Crippen molar-refractivity contribution in [2.75, 3.05) is 13.2 Å². The van der Waals surface area contributed by atoms with Crippen molar-refractivity contribution in [1.82, 2.24) is 0 Å². The van der Waals surface area contributed by atoms with Crippen molar-refractivity contribution in [1.29, 1.82) is 0 Å². The first-order chi connectivity index (χ1) is 5.97. The second-order valence-electron chi connectivity index (χ2n) is 4.05. The van der Waals surface area contributed by atoms with Crippen LogP contribution < -0.4 is 0 Å². The molecule has 0 aromatic carbocycles. The van der Waals surface area contributed by atoms with Crippen molar-refractivity contribution < 1.29 is 18.7 Å². The minimum Gasteiger partial charge on any atom is -0.430 e. The lowest BCUT2D eigenvalue weighted by molar-refractivity contribution is 0.110. The van der Waals surface area contributed by atoms with E-state index in [1.807, 2.05) is 0 Å². The Labute approximate surface area is 79.3 Å². The number of rotatable bonds is 4. The number of hydrogen-bond acceptors (Lipinski definition) is 4. The maximum atomic E-state index is 10.5. The predicted octanol–water partition coefficient (Wildman–Crippen LogP) is 1.76. The molecule has 1 aliphatic heterocycles. The Bertz CT molecular complexity index is 187. The molecule has 0 amide bonds. The van der Waals surface area contributed by atoms with Crippen LogP contribution in [0.1, 0.15) is 6.42 Å². The summed E-state index contributed by atoms with van der Waals surface area (Å²) < 4.78 is 15.1. The Balaban J connectivity index is 2.10. The molecule has 0 aliphatic carbocycles. The highest BCUT2D eigenvalue weighted by molar-refractivity contribution is 6.69. The maximum absolute atomic E-state index is 10.5. The number of ether oxygens (including phenoxy) is 2. The molecule has 0 spiro atoms. The zero-order chi connectivity index (χ0) is 9.90. The zero-order valence-corrected chi connectivity index (χ0v) is 9.33. The fraction of sp³-hybridized carbons (Fsp3) is 0.875. The molecular weight excluding hydrogens is 188 g/mol. The molecule has 0 aromatic rings. The van der Waals surface area contributed by atoms with Crippen molar-refractivity contribution in [2.45, 2.75) is 32.2 Å². The highest BCUT2D eigenvalue weighted by Crippen LogP contribution is 2.11. The van der Waals surface area contributed by atoms with E-state index in [1.165, 1.54) is 0 Å². The third kappa shape index (κ3) is 4.28. The summed E-state index contributed by atoms with van der Waals surface area (Å²) >= 11 is 0. The smallest absolute Gasteiger partial charge is 0.430 e. The molecule has 5 heteroatoms. The van der Waals surface area contributed by atoms with E-state index in [4.69, 9.17) is 9.16 Å². The monoisotopic (exact) mass is 204 g/mol. The number of carbonyl (C=O) groups excluding carboxylic acids is 1. The normalized spacial score (nSPS) is 22.7. The summed E-state index contributed by atoms with van der Waals surface area (Å²) in [6.45, 7) is 7.41. The molecule has 0 aromatic heterocycles. The second kappa shape index (κ2) is 4.10. The molecular formula is C8H16O4Si. The lowest BCUT2D eigenvalue weighted by Crippen LogP contribution is -2.27. The van der Waals surface area contributed by atoms with Crippen LogP contribution in [0.25, 0.3) is 0 Å². The van der Waals surface area contributed by atoms with Crippen molar-refractivity contribution in [2.24, 2.45) is 0 Å². The van der Waals surface area contributed by atoms with Crippen LogP contribution in [0, 0.1) is 0 Å². The zero-order valence-electron chi connectivity index (χ0n) is 8.33. The Morgan fingerprint density at radius 1 is 1.54 bits per heavy atom. The molecule has 1 saturated heterocycles. The first-order valence-electron chi connectivity index (χ1n) is 4.45. The summed E-state index contributed by atoms with van der Waals surface area (Å²) in [6, 6.07) is 0. The molecule has 13 heavy (non-hydrogen) atoms. The summed E-state index contributed by atoms with van der Waals surface area (Å²) in [5.41, 5.74) is 0. The van der Waals surface area contributed by atoms with Gasteiger partial charge in [0.1, 0.15) is 12.7 Å². The Hall–Kier alpha value is -0.553. The van der Waals surface area contributed by atoms with Crippen LogP contribution in [0.3, 0.4) is 0 Å². The summed E-state index contributed by atoms with van der Waals surface area (Å²) in [6.07, 6.45) is 0.0672. The Kier molecular flexibility index (Phi) is 3.32. The van der Waals surface area contributed by atoms with Gasteiger partial charge < -0.3 is 13.9 Å². The Morgan fingerprint density at radius 2 is 2.23 bits per heavy atom. The van der Waals surface area contributed by atoms with E-state index in [-0.39, 0.29) is 6.10 Å². The Morgan fingerprint density at radius 3 is 2.69 bits per heavy atom. The summed E-state index contributed by atoms with van der Waals surface area (Å²) in [7, 11) is -1.43. The van der Waals surface area contributed by atoms with E-state index in [1.54, 1.807) is 0 Å². The molecule has 76 valence electrons. The minimum absolute atomic E-state index is 0.108. The minimum atomic E-state index is -1.43. The molecule has 4 nitrogen and oxygen atoms in total. The fourth-order valence-electron chi connectivity index (χ4n) is 1.00. The second-order valence-corrected chi connectivity index (χ2v) is 8.56. The van der Waals surface area contributed by atoms with Gasteiger partial charge in [0, 0.05) is 13.0 Å². The average molecular weight is 204 g/mol. The van der Waals surface area contributed by atoms with Crippen LogP contribution in [-0.4, -0.2) is 33.8 Å². The van der Waals surface area contributed by atoms with Crippen molar-refractivity contribution in [3.8, 4) is 0 Å². The molecule has 1 aliphatic rings. The maximum Gasteiger partial charge on any atom is 0.508 e. The summed E-state index contributed by atoms with van der Waals surface area (Å²) in [5.74, 6) is 0. The number of carbonyl (C=O) groups is 1. The molecule has 0 saturated carbocycles. The molecule has 1 heterocycles. The summed E-state index contributed by atoms with van der Waals surface area (Å²) in [4.78, 5) is 10.5. The van der Waals surface area contributed by atoms with E-state index in [0.29, 0.717) is 13.2 Å². The largest absolute Gasteiger partial charge is 0.508 e. The van der Waals surface area contributed by atoms with E-state index >= 15 is 0 Å². The van der Waals surface area contributed by atoms with Gasteiger partial charge >= 0.3 is 6.16 Å². The number of cyclic esters (lactones) is 2. The molecule has 1 rings (SSSR count). The first kappa shape index (κ1) is 10.5.